The highest BCUT2D eigenvalue weighted by atomic mass is 16.1. The van der Waals surface area contributed by atoms with E-state index < -0.39 is 0 Å². The Kier molecular flexibility index (Phi) is 2.64. The van der Waals surface area contributed by atoms with Gasteiger partial charge < -0.3 is 5.32 Å². The van der Waals surface area contributed by atoms with Crippen LogP contribution >= 0.6 is 0 Å². The molecule has 17 heavy (non-hydrogen) atoms. The molecule has 2 aromatic rings. The Morgan fingerprint density at radius 1 is 1.35 bits per heavy atom. The number of hydrogen-bond donors (Lipinski definition) is 2. The first-order chi connectivity index (χ1) is 8.33. The molecule has 0 amide bonds. The lowest BCUT2D eigenvalue weighted by molar-refractivity contribution is 0.392. The molecule has 1 aliphatic heterocycles. The number of fused-ring (bicyclic) bond motifs is 1. The van der Waals surface area contributed by atoms with Gasteiger partial charge in [0.25, 0.3) is 5.56 Å². The van der Waals surface area contributed by atoms with Crippen molar-refractivity contribution in [2.24, 2.45) is 0 Å². The Labute approximate surface area is 98.0 Å². The van der Waals surface area contributed by atoms with Gasteiger partial charge in [-0.05, 0) is 25.5 Å². The highest BCUT2D eigenvalue weighted by Gasteiger charge is 2.16. The fraction of sp³-hybridized carbons (Fsp3) is 0.545. The van der Waals surface area contributed by atoms with E-state index in [0.29, 0.717) is 11.7 Å². The van der Waals surface area contributed by atoms with Crippen molar-refractivity contribution in [1.82, 2.24) is 25.1 Å². The Hall–Kier alpha value is -1.69. The maximum atomic E-state index is 11.3. The Morgan fingerprint density at radius 3 is 3.12 bits per heavy atom. The van der Waals surface area contributed by atoms with Gasteiger partial charge in [0.05, 0.1) is 0 Å². The second kappa shape index (κ2) is 4.29. The zero-order chi connectivity index (χ0) is 11.7. The van der Waals surface area contributed by atoms with Crippen LogP contribution in [-0.2, 0) is 6.42 Å². The molecule has 90 valence electrons. The minimum atomic E-state index is -0.129. The van der Waals surface area contributed by atoms with Gasteiger partial charge in [0, 0.05) is 18.5 Å². The maximum absolute atomic E-state index is 11.3. The molecule has 6 nitrogen and oxygen atoms in total. The van der Waals surface area contributed by atoms with Crippen LogP contribution in [0.1, 0.15) is 25.1 Å². The van der Waals surface area contributed by atoms with E-state index >= 15 is 0 Å². The molecular weight excluding hydrogens is 218 g/mol. The van der Waals surface area contributed by atoms with E-state index in [4.69, 9.17) is 0 Å². The third-order valence-electron chi connectivity index (χ3n) is 3.20. The van der Waals surface area contributed by atoms with E-state index in [1.54, 1.807) is 10.6 Å². The highest BCUT2D eigenvalue weighted by Crippen LogP contribution is 2.11. The second-order valence-electron chi connectivity index (χ2n) is 4.47. The molecule has 1 atom stereocenters. The summed E-state index contributed by atoms with van der Waals surface area (Å²) in [5, 5.41) is 14.4. The molecule has 6 heteroatoms. The number of aromatic amines is 1. The average Bonchev–Trinajstić information content (AvgIpc) is 2.73. The van der Waals surface area contributed by atoms with Crippen molar-refractivity contribution in [3.8, 4) is 0 Å². The fourth-order valence-corrected chi connectivity index (χ4v) is 2.31. The van der Waals surface area contributed by atoms with E-state index in [9.17, 15) is 4.79 Å². The van der Waals surface area contributed by atoms with Crippen LogP contribution in [0, 0.1) is 0 Å². The molecule has 3 heterocycles. The molecule has 0 radical (unpaired) electrons. The summed E-state index contributed by atoms with van der Waals surface area (Å²) in [5.74, 6) is 0.817. The van der Waals surface area contributed by atoms with Crippen molar-refractivity contribution < 1.29 is 0 Å². The van der Waals surface area contributed by atoms with Crippen molar-refractivity contribution in [3.63, 3.8) is 0 Å². The van der Waals surface area contributed by atoms with Crippen LogP contribution in [0.3, 0.4) is 0 Å². The average molecular weight is 233 g/mol. The van der Waals surface area contributed by atoms with Crippen LogP contribution in [0.5, 0.6) is 0 Å². The summed E-state index contributed by atoms with van der Waals surface area (Å²) < 4.78 is 1.68. The number of rotatable bonds is 2. The van der Waals surface area contributed by atoms with Crippen LogP contribution in [0.25, 0.3) is 5.65 Å². The van der Waals surface area contributed by atoms with E-state index in [1.807, 2.05) is 0 Å². The van der Waals surface area contributed by atoms with Gasteiger partial charge in [0.2, 0.25) is 0 Å². The van der Waals surface area contributed by atoms with Crippen molar-refractivity contribution >= 4 is 5.65 Å². The first kappa shape index (κ1) is 10.5. The third-order valence-corrected chi connectivity index (χ3v) is 3.20. The molecule has 0 aliphatic carbocycles. The standard InChI is InChI=1S/C11H15N5O/c17-11-5-4-9-13-14-10(16(9)15-11)7-8-3-1-2-6-12-8/h4-5,8,12H,1-3,6-7H2,(H,15,17). The lowest BCUT2D eigenvalue weighted by atomic mass is 10.0. The van der Waals surface area contributed by atoms with E-state index in [1.165, 1.54) is 18.9 Å². The van der Waals surface area contributed by atoms with Crippen LogP contribution in [0.4, 0.5) is 0 Å². The number of nitrogens with zero attached hydrogens (tertiary/aromatic N) is 3. The minimum absolute atomic E-state index is 0.129. The molecular formula is C11H15N5O. The molecule has 0 saturated carbocycles. The summed E-state index contributed by atoms with van der Waals surface area (Å²) in [6.45, 7) is 1.07. The van der Waals surface area contributed by atoms with Gasteiger partial charge in [0.15, 0.2) is 11.5 Å². The molecule has 1 saturated heterocycles. The lowest BCUT2D eigenvalue weighted by Gasteiger charge is -2.22. The summed E-state index contributed by atoms with van der Waals surface area (Å²) >= 11 is 0. The topological polar surface area (TPSA) is 75.1 Å². The maximum Gasteiger partial charge on any atom is 0.263 e. The SMILES string of the molecule is O=c1ccc2nnc(CC3CCCCN3)n2[nH]1. The summed E-state index contributed by atoms with van der Waals surface area (Å²) in [6.07, 6.45) is 4.46. The fourth-order valence-electron chi connectivity index (χ4n) is 2.31. The van der Waals surface area contributed by atoms with Gasteiger partial charge in [0.1, 0.15) is 0 Å². The third kappa shape index (κ3) is 2.08. The molecule has 1 fully saturated rings. The van der Waals surface area contributed by atoms with Gasteiger partial charge >= 0.3 is 0 Å². The van der Waals surface area contributed by atoms with Crippen molar-refractivity contribution in [1.29, 1.82) is 0 Å². The number of aromatic nitrogens is 4. The molecule has 1 aliphatic rings. The second-order valence-corrected chi connectivity index (χ2v) is 4.47. The zero-order valence-electron chi connectivity index (χ0n) is 9.52. The monoisotopic (exact) mass is 233 g/mol. The highest BCUT2D eigenvalue weighted by molar-refractivity contribution is 5.34. The number of nitrogens with one attached hydrogen (secondary N) is 2. The van der Waals surface area contributed by atoms with Crippen molar-refractivity contribution in [3.05, 3.63) is 28.3 Å². The molecule has 2 N–H and O–H groups in total. The molecule has 2 aromatic heterocycles. The van der Waals surface area contributed by atoms with Gasteiger partial charge in [-0.15, -0.1) is 10.2 Å². The summed E-state index contributed by atoms with van der Waals surface area (Å²) in [4.78, 5) is 11.3. The van der Waals surface area contributed by atoms with Gasteiger partial charge in [-0.1, -0.05) is 6.42 Å². The Bertz CT molecular complexity index is 566. The van der Waals surface area contributed by atoms with E-state index in [-0.39, 0.29) is 5.56 Å². The van der Waals surface area contributed by atoms with Gasteiger partial charge in [-0.25, -0.2) is 4.52 Å². The van der Waals surface area contributed by atoms with Crippen LogP contribution in [-0.4, -0.2) is 32.4 Å². The molecule has 3 rings (SSSR count). The molecule has 0 bridgehead atoms. The number of H-pyrrole nitrogens is 1. The summed E-state index contributed by atoms with van der Waals surface area (Å²) in [5.41, 5.74) is 0.561. The van der Waals surface area contributed by atoms with Crippen molar-refractivity contribution in [2.45, 2.75) is 31.7 Å². The Balaban J connectivity index is 1.89. The summed E-state index contributed by atoms with van der Waals surface area (Å²) in [6, 6.07) is 3.59. The molecule has 1 unspecified atom stereocenters. The normalized spacial score (nSPS) is 20.8. The first-order valence-electron chi connectivity index (χ1n) is 6.00. The molecule has 0 spiro atoms. The predicted octanol–water partition coefficient (Wildman–Crippen LogP) is 0.102. The predicted molar refractivity (Wildman–Crippen MR) is 63.0 cm³/mol. The van der Waals surface area contributed by atoms with Crippen molar-refractivity contribution in [2.75, 3.05) is 6.54 Å². The minimum Gasteiger partial charge on any atom is -0.314 e. The largest absolute Gasteiger partial charge is 0.314 e. The van der Waals surface area contributed by atoms with Crippen LogP contribution in [0.2, 0.25) is 0 Å². The number of piperidine rings is 1. The Morgan fingerprint density at radius 2 is 2.29 bits per heavy atom. The van der Waals surface area contributed by atoms with E-state index in [0.717, 1.165) is 25.2 Å². The summed E-state index contributed by atoms with van der Waals surface area (Å²) in [7, 11) is 0. The van der Waals surface area contributed by atoms with E-state index in [2.05, 4.69) is 20.6 Å². The van der Waals surface area contributed by atoms with Gasteiger partial charge in [-0.3, -0.25) is 9.89 Å². The molecule has 0 aromatic carbocycles. The van der Waals surface area contributed by atoms with Crippen LogP contribution < -0.4 is 10.9 Å². The number of hydrogen-bond acceptors (Lipinski definition) is 4. The smallest absolute Gasteiger partial charge is 0.263 e. The zero-order valence-corrected chi connectivity index (χ0v) is 9.52. The lowest BCUT2D eigenvalue weighted by Crippen LogP contribution is -2.36. The van der Waals surface area contributed by atoms with Gasteiger partial charge in [-0.2, -0.15) is 0 Å². The quantitative estimate of drug-likeness (QED) is 0.771. The van der Waals surface area contributed by atoms with Crippen LogP contribution in [0.15, 0.2) is 16.9 Å². The first-order valence-corrected chi connectivity index (χ1v) is 6.00.